The van der Waals surface area contributed by atoms with Crippen molar-refractivity contribution in [3.05, 3.63) is 93.4 Å². The Morgan fingerprint density at radius 2 is 1.71 bits per heavy atom. The highest BCUT2D eigenvalue weighted by Gasteiger charge is 2.29. The van der Waals surface area contributed by atoms with Crippen molar-refractivity contribution in [2.45, 2.75) is 12.2 Å². The van der Waals surface area contributed by atoms with Crippen LogP contribution in [0.2, 0.25) is 0 Å². The fraction of sp³-hybridized carbons (Fsp3) is 0.120. The van der Waals surface area contributed by atoms with E-state index < -0.39 is 24.2 Å². The molecule has 5 N–H and O–H groups in total. The van der Waals surface area contributed by atoms with Crippen molar-refractivity contribution in [1.82, 2.24) is 0 Å². The molecule has 0 radical (unpaired) electrons. The minimum absolute atomic E-state index is 0.136. The molecule has 3 rings (SSSR count). The first-order valence-corrected chi connectivity index (χ1v) is 11.9. The summed E-state index contributed by atoms with van der Waals surface area (Å²) < 4.78 is 12.2. The molecule has 10 heteroatoms. The van der Waals surface area contributed by atoms with E-state index in [0.717, 1.165) is 0 Å². The van der Waals surface area contributed by atoms with Crippen LogP contribution in [-0.4, -0.2) is 30.3 Å². The lowest BCUT2D eigenvalue weighted by Crippen LogP contribution is -2.27. The summed E-state index contributed by atoms with van der Waals surface area (Å²) in [5.74, 6) is -0.597. The molecular formula is C25H23Br2N3O5. The number of methoxy groups -OCH3 is 1. The van der Waals surface area contributed by atoms with Gasteiger partial charge in [-0.1, -0.05) is 46.3 Å². The molecule has 0 unspecified atom stereocenters. The van der Waals surface area contributed by atoms with Gasteiger partial charge in [0, 0.05) is 28.9 Å². The van der Waals surface area contributed by atoms with E-state index in [-0.39, 0.29) is 11.3 Å². The number of nitrogens with one attached hydrogen (secondary N) is 2. The quantitative estimate of drug-likeness (QED) is 0.185. The first kappa shape index (κ1) is 26.3. The Kier molecular flexibility index (Phi) is 9.30. The number of carbonyl (C=O) groups excluding carboxylic acids is 2. The smallest absolute Gasteiger partial charge is 0.412 e. The molecule has 8 nitrogen and oxygen atoms in total. The van der Waals surface area contributed by atoms with E-state index >= 15 is 0 Å². The first-order chi connectivity index (χ1) is 16.8. The molecule has 0 saturated carbocycles. The average Bonchev–Trinajstić information content (AvgIpc) is 2.83. The number of amides is 2. The predicted molar refractivity (Wildman–Crippen MR) is 142 cm³/mol. The van der Waals surface area contributed by atoms with Gasteiger partial charge in [-0.05, 0) is 58.4 Å². The van der Waals surface area contributed by atoms with Crippen molar-refractivity contribution in [2.24, 2.45) is 0 Å². The number of carbonyl (C=O) groups is 2. The Hall–Kier alpha value is -3.34. The number of benzene rings is 3. The van der Waals surface area contributed by atoms with Crippen molar-refractivity contribution in [2.75, 3.05) is 23.5 Å². The highest BCUT2D eigenvalue weighted by molar-refractivity contribution is 9.11. The van der Waals surface area contributed by atoms with Crippen LogP contribution in [0.3, 0.4) is 0 Å². The lowest BCUT2D eigenvalue weighted by atomic mass is 10.0. The molecule has 3 aromatic rings. The molecular weight excluding hydrogens is 582 g/mol. The van der Waals surface area contributed by atoms with Crippen LogP contribution in [0.5, 0.6) is 5.75 Å². The van der Waals surface area contributed by atoms with E-state index in [1.165, 1.54) is 19.3 Å². The molecule has 0 heterocycles. The van der Waals surface area contributed by atoms with Crippen LogP contribution in [0.4, 0.5) is 21.9 Å². The molecule has 0 bridgehead atoms. The zero-order valence-corrected chi connectivity index (χ0v) is 21.7. The Morgan fingerprint density at radius 3 is 2.40 bits per heavy atom. The number of ether oxygens (including phenoxy) is 2. The second-order valence-electron chi connectivity index (χ2n) is 7.28. The zero-order chi connectivity index (χ0) is 25.4. The minimum atomic E-state index is -1.11. The number of para-hydroxylation sites is 3. The maximum Gasteiger partial charge on any atom is 0.412 e. The van der Waals surface area contributed by atoms with Crippen LogP contribution in [-0.2, 0) is 14.3 Å². The second-order valence-corrected chi connectivity index (χ2v) is 9.05. The molecule has 0 aliphatic carbocycles. The lowest BCUT2D eigenvalue weighted by molar-refractivity contribution is -0.112. The van der Waals surface area contributed by atoms with Gasteiger partial charge in [0.15, 0.2) is 6.10 Å². The molecule has 0 spiro atoms. The third kappa shape index (κ3) is 7.32. The number of aromatic hydroxyl groups is 1. The molecule has 0 aliphatic rings. The SMILES string of the molecule is CO[C@H](/C=C/C(=O)Nc1ccccc1N)[C@H](OC(=O)Nc1ccccc1)c1cc(Br)cc(Br)c1O. The third-order valence-corrected chi connectivity index (χ3v) is 5.91. The molecule has 0 aromatic heterocycles. The molecule has 182 valence electrons. The third-order valence-electron chi connectivity index (χ3n) is 4.84. The van der Waals surface area contributed by atoms with Gasteiger partial charge in [0.25, 0.3) is 0 Å². The van der Waals surface area contributed by atoms with Gasteiger partial charge >= 0.3 is 6.09 Å². The highest BCUT2D eigenvalue weighted by atomic mass is 79.9. The summed E-state index contributed by atoms with van der Waals surface area (Å²) in [6, 6.07) is 18.9. The van der Waals surface area contributed by atoms with Crippen LogP contribution in [0.15, 0.2) is 87.8 Å². The van der Waals surface area contributed by atoms with Crippen LogP contribution in [0.1, 0.15) is 11.7 Å². The standard InChI is InChI=1S/C25H23Br2N3O5/c1-34-21(11-12-22(31)30-20-10-6-5-9-19(20)28)24(17-13-15(26)14-18(27)23(17)32)35-25(33)29-16-7-3-2-4-8-16/h2-14,21,24,32H,28H2,1H3,(H,29,33)(H,30,31)/b12-11+/t21-,24-/m1/s1. The van der Waals surface area contributed by atoms with Crippen molar-refractivity contribution >= 4 is 60.9 Å². The predicted octanol–water partition coefficient (Wildman–Crippen LogP) is 6.00. The number of anilines is 3. The van der Waals surface area contributed by atoms with Crippen LogP contribution >= 0.6 is 31.9 Å². The fourth-order valence-corrected chi connectivity index (χ4v) is 4.42. The number of phenolic OH excluding ortho intramolecular Hbond substituents is 1. The Labute approximate surface area is 219 Å². The van der Waals surface area contributed by atoms with E-state index in [1.807, 2.05) is 6.07 Å². The summed E-state index contributed by atoms with van der Waals surface area (Å²) in [4.78, 5) is 25.2. The maximum atomic E-state index is 12.7. The van der Waals surface area contributed by atoms with Gasteiger partial charge in [-0.15, -0.1) is 0 Å². The summed E-state index contributed by atoms with van der Waals surface area (Å²) in [7, 11) is 1.40. The summed E-state index contributed by atoms with van der Waals surface area (Å²) in [6.07, 6.45) is -0.126. The van der Waals surface area contributed by atoms with Gasteiger partial charge in [0.05, 0.1) is 15.8 Å². The summed E-state index contributed by atoms with van der Waals surface area (Å²) >= 11 is 6.67. The van der Waals surface area contributed by atoms with Gasteiger partial charge in [0.1, 0.15) is 11.9 Å². The van der Waals surface area contributed by atoms with Gasteiger partial charge in [-0.2, -0.15) is 0 Å². The van der Waals surface area contributed by atoms with Gasteiger partial charge in [-0.25, -0.2) is 4.79 Å². The molecule has 0 fully saturated rings. The summed E-state index contributed by atoms with van der Waals surface area (Å²) in [6.45, 7) is 0. The number of nitrogen functional groups attached to an aromatic ring is 1. The first-order valence-electron chi connectivity index (χ1n) is 10.4. The number of hydrogen-bond donors (Lipinski definition) is 4. The highest BCUT2D eigenvalue weighted by Crippen LogP contribution is 2.39. The van der Waals surface area contributed by atoms with Gasteiger partial charge < -0.3 is 25.6 Å². The largest absolute Gasteiger partial charge is 0.506 e. The van der Waals surface area contributed by atoms with E-state index in [0.29, 0.717) is 26.0 Å². The van der Waals surface area contributed by atoms with Crippen molar-refractivity contribution in [1.29, 1.82) is 0 Å². The van der Waals surface area contributed by atoms with E-state index in [4.69, 9.17) is 15.2 Å². The zero-order valence-electron chi connectivity index (χ0n) is 18.6. The molecule has 2 atom stereocenters. The van der Waals surface area contributed by atoms with Crippen molar-refractivity contribution < 1.29 is 24.2 Å². The number of rotatable bonds is 8. The lowest BCUT2D eigenvalue weighted by Gasteiger charge is -2.25. The van der Waals surface area contributed by atoms with Gasteiger partial charge in [-0.3, -0.25) is 10.1 Å². The van der Waals surface area contributed by atoms with Gasteiger partial charge in [0.2, 0.25) is 5.91 Å². The Morgan fingerprint density at radius 1 is 1.03 bits per heavy atom. The molecule has 3 aromatic carbocycles. The second kappa shape index (κ2) is 12.4. The van der Waals surface area contributed by atoms with E-state index in [9.17, 15) is 14.7 Å². The average molecular weight is 605 g/mol. The van der Waals surface area contributed by atoms with Crippen LogP contribution in [0, 0.1) is 0 Å². The Bertz CT molecular complexity index is 1220. The van der Waals surface area contributed by atoms with E-state index in [2.05, 4.69) is 42.5 Å². The number of nitrogens with two attached hydrogens (primary N) is 1. The fourth-order valence-electron chi connectivity index (χ4n) is 3.16. The maximum absolute atomic E-state index is 12.7. The molecule has 0 aliphatic heterocycles. The van der Waals surface area contributed by atoms with Crippen molar-refractivity contribution in [3.8, 4) is 5.75 Å². The minimum Gasteiger partial charge on any atom is -0.506 e. The molecule has 2 amide bonds. The number of hydrogen-bond acceptors (Lipinski definition) is 6. The molecule has 35 heavy (non-hydrogen) atoms. The Balaban J connectivity index is 1.87. The molecule has 0 saturated heterocycles. The number of halogens is 2. The number of phenols is 1. The monoisotopic (exact) mass is 603 g/mol. The van der Waals surface area contributed by atoms with E-state index in [1.54, 1.807) is 60.7 Å². The van der Waals surface area contributed by atoms with Crippen LogP contribution in [0.25, 0.3) is 0 Å². The van der Waals surface area contributed by atoms with Crippen LogP contribution < -0.4 is 16.4 Å². The normalized spacial score (nSPS) is 12.7. The van der Waals surface area contributed by atoms with Crippen molar-refractivity contribution in [3.63, 3.8) is 0 Å². The summed E-state index contributed by atoms with van der Waals surface area (Å²) in [5, 5.41) is 16.0. The topological polar surface area (TPSA) is 123 Å². The summed E-state index contributed by atoms with van der Waals surface area (Å²) in [5.41, 5.74) is 7.54.